The average Bonchev–Trinajstić information content (AvgIpc) is 2.93. The second kappa shape index (κ2) is 5.48. The molecule has 3 rings (SSSR count). The van der Waals surface area contributed by atoms with Gasteiger partial charge in [0.05, 0.1) is 5.69 Å². The third-order valence-corrected chi connectivity index (χ3v) is 4.28. The van der Waals surface area contributed by atoms with Crippen molar-refractivity contribution in [3.05, 3.63) is 28.8 Å². The summed E-state index contributed by atoms with van der Waals surface area (Å²) in [5, 5.41) is 3.28. The molecule has 0 radical (unpaired) electrons. The lowest BCUT2D eigenvalue weighted by atomic mass is 10.0. The summed E-state index contributed by atoms with van der Waals surface area (Å²) in [6.45, 7) is 7.11. The number of benzene rings is 1. The van der Waals surface area contributed by atoms with Gasteiger partial charge >= 0.3 is 6.03 Å². The van der Waals surface area contributed by atoms with Gasteiger partial charge in [0, 0.05) is 37.8 Å². The molecule has 0 bridgehead atoms. The minimum atomic E-state index is 0.00487. The number of aldehydes is 1. The van der Waals surface area contributed by atoms with Gasteiger partial charge in [-0.15, -0.1) is 0 Å². The summed E-state index contributed by atoms with van der Waals surface area (Å²) in [7, 11) is 0. The maximum atomic E-state index is 12.7. The zero-order valence-electron chi connectivity index (χ0n) is 12.6. The van der Waals surface area contributed by atoms with Crippen LogP contribution in [0.3, 0.4) is 0 Å². The maximum Gasteiger partial charge on any atom is 0.324 e. The van der Waals surface area contributed by atoms with Crippen LogP contribution in [-0.2, 0) is 13.1 Å². The van der Waals surface area contributed by atoms with Crippen molar-refractivity contribution in [2.75, 3.05) is 18.0 Å². The van der Waals surface area contributed by atoms with Crippen molar-refractivity contribution in [2.45, 2.75) is 39.4 Å². The third-order valence-electron chi connectivity index (χ3n) is 4.28. The number of hydrogen-bond donors (Lipinski definition) is 1. The minimum Gasteiger partial charge on any atom is -0.322 e. The van der Waals surface area contributed by atoms with E-state index in [9.17, 15) is 9.59 Å². The fourth-order valence-corrected chi connectivity index (χ4v) is 3.13. The van der Waals surface area contributed by atoms with Crippen LogP contribution >= 0.6 is 0 Å². The van der Waals surface area contributed by atoms with Crippen LogP contribution < -0.4 is 10.2 Å². The van der Waals surface area contributed by atoms with Crippen molar-refractivity contribution in [3.8, 4) is 0 Å². The van der Waals surface area contributed by atoms with Gasteiger partial charge in [-0.3, -0.25) is 9.69 Å². The largest absolute Gasteiger partial charge is 0.324 e. The number of urea groups is 1. The highest BCUT2D eigenvalue weighted by molar-refractivity contribution is 5.98. The molecule has 2 aliphatic rings. The van der Waals surface area contributed by atoms with E-state index in [4.69, 9.17) is 0 Å². The van der Waals surface area contributed by atoms with Gasteiger partial charge in [-0.05, 0) is 43.5 Å². The first-order chi connectivity index (χ1) is 10.1. The molecule has 0 unspecified atom stereocenters. The molecule has 2 aliphatic heterocycles. The number of carbonyl (C=O) groups is 2. The van der Waals surface area contributed by atoms with Crippen LogP contribution in [0, 0.1) is 0 Å². The second-order valence-corrected chi connectivity index (χ2v) is 5.98. The van der Waals surface area contributed by atoms with Crippen LogP contribution in [0.4, 0.5) is 10.5 Å². The first kappa shape index (κ1) is 14.1. The molecule has 1 saturated heterocycles. The summed E-state index contributed by atoms with van der Waals surface area (Å²) in [5.41, 5.74) is 3.70. The lowest BCUT2D eigenvalue weighted by Gasteiger charge is -2.38. The summed E-state index contributed by atoms with van der Waals surface area (Å²) < 4.78 is 0. The van der Waals surface area contributed by atoms with Crippen molar-refractivity contribution < 1.29 is 9.59 Å². The number of amides is 2. The number of anilines is 1. The van der Waals surface area contributed by atoms with Crippen molar-refractivity contribution in [3.63, 3.8) is 0 Å². The van der Waals surface area contributed by atoms with E-state index in [1.807, 2.05) is 30.9 Å². The molecule has 1 N–H and O–H groups in total. The van der Waals surface area contributed by atoms with Crippen LogP contribution in [0.5, 0.6) is 0 Å². The van der Waals surface area contributed by atoms with Gasteiger partial charge in [-0.25, -0.2) is 4.79 Å². The van der Waals surface area contributed by atoms with Gasteiger partial charge in [0.15, 0.2) is 6.29 Å². The van der Waals surface area contributed by atoms with E-state index in [-0.39, 0.29) is 12.1 Å². The molecule has 0 aromatic heterocycles. The Balaban J connectivity index is 1.99. The fraction of sp³-hybridized carbons (Fsp3) is 0.500. The maximum absolute atomic E-state index is 12.7. The highest BCUT2D eigenvalue weighted by Crippen LogP contribution is 2.29. The predicted octanol–water partition coefficient (Wildman–Crippen LogP) is 2.14. The van der Waals surface area contributed by atoms with Gasteiger partial charge in [0.1, 0.15) is 0 Å². The number of hydrogen-bond acceptors (Lipinski definition) is 3. The smallest absolute Gasteiger partial charge is 0.322 e. The summed E-state index contributed by atoms with van der Waals surface area (Å²) >= 11 is 0. The molecule has 2 amide bonds. The molecule has 0 aliphatic carbocycles. The Kier molecular flexibility index (Phi) is 3.68. The highest BCUT2D eigenvalue weighted by atomic mass is 16.2. The van der Waals surface area contributed by atoms with Gasteiger partial charge in [-0.2, -0.15) is 0 Å². The number of carbonyl (C=O) groups excluding carboxylic acids is 2. The van der Waals surface area contributed by atoms with E-state index in [1.165, 1.54) is 5.56 Å². The summed E-state index contributed by atoms with van der Waals surface area (Å²) in [6.07, 6.45) is 1.78. The van der Waals surface area contributed by atoms with E-state index in [0.717, 1.165) is 43.6 Å². The molecule has 1 fully saturated rings. The van der Waals surface area contributed by atoms with Crippen LogP contribution in [0.25, 0.3) is 0 Å². The lowest BCUT2D eigenvalue weighted by Crippen LogP contribution is -2.52. The normalized spacial score (nSPS) is 18.3. The molecule has 0 spiro atoms. The molecule has 5 nitrogen and oxygen atoms in total. The topological polar surface area (TPSA) is 52.6 Å². The number of rotatable bonds is 3. The number of fused-ring (bicyclic) bond motifs is 1. The molecule has 1 aromatic rings. The molecule has 1 aromatic carbocycles. The Morgan fingerprint density at radius 2 is 1.90 bits per heavy atom. The number of nitrogens with one attached hydrogen (secondary N) is 1. The van der Waals surface area contributed by atoms with E-state index in [1.54, 1.807) is 4.90 Å². The van der Waals surface area contributed by atoms with Crippen LogP contribution in [0.2, 0.25) is 0 Å². The van der Waals surface area contributed by atoms with Crippen molar-refractivity contribution in [2.24, 2.45) is 0 Å². The predicted molar refractivity (Wildman–Crippen MR) is 81.6 cm³/mol. The Bertz CT molecular complexity index is 583. The zero-order valence-corrected chi connectivity index (χ0v) is 12.6. The Labute approximate surface area is 124 Å². The van der Waals surface area contributed by atoms with Gasteiger partial charge in [0.2, 0.25) is 0 Å². The molecular formula is C16H21N3O2. The molecule has 2 heterocycles. The van der Waals surface area contributed by atoms with Crippen LogP contribution in [-0.4, -0.2) is 36.3 Å². The second-order valence-electron chi connectivity index (χ2n) is 5.98. The summed E-state index contributed by atoms with van der Waals surface area (Å²) in [5.74, 6) is 0. The molecule has 0 saturated carbocycles. The molecule has 0 atom stereocenters. The quantitative estimate of drug-likeness (QED) is 0.867. The van der Waals surface area contributed by atoms with E-state index in [0.29, 0.717) is 12.1 Å². The lowest BCUT2D eigenvalue weighted by molar-refractivity contribution is 0.112. The molecule has 21 heavy (non-hydrogen) atoms. The van der Waals surface area contributed by atoms with Gasteiger partial charge < -0.3 is 10.2 Å². The van der Waals surface area contributed by atoms with Gasteiger partial charge in [0.25, 0.3) is 0 Å². The monoisotopic (exact) mass is 287 g/mol. The molecule has 112 valence electrons. The Hall–Kier alpha value is -1.88. The van der Waals surface area contributed by atoms with Gasteiger partial charge in [-0.1, -0.05) is 0 Å². The highest BCUT2D eigenvalue weighted by Gasteiger charge is 2.30. The van der Waals surface area contributed by atoms with Crippen LogP contribution in [0.15, 0.2) is 12.1 Å². The van der Waals surface area contributed by atoms with E-state index >= 15 is 0 Å². The third kappa shape index (κ3) is 2.42. The van der Waals surface area contributed by atoms with E-state index in [2.05, 4.69) is 5.32 Å². The number of nitrogens with zero attached hydrogens (tertiary/aromatic N) is 2. The first-order valence-electron chi connectivity index (χ1n) is 7.51. The standard InChI is InChI=1S/C16H21N3O2/c1-11(2)18-4-3-5-19(16(18)21)15-7-13-9-17-8-12(13)6-14(15)10-20/h6-7,10-11,17H,3-5,8-9H2,1-2H3. The fourth-order valence-electron chi connectivity index (χ4n) is 3.13. The molecule has 5 heteroatoms. The van der Waals surface area contributed by atoms with Crippen LogP contribution in [0.1, 0.15) is 41.8 Å². The average molecular weight is 287 g/mol. The zero-order chi connectivity index (χ0) is 15.0. The molecular weight excluding hydrogens is 266 g/mol. The van der Waals surface area contributed by atoms with Crippen molar-refractivity contribution >= 4 is 18.0 Å². The van der Waals surface area contributed by atoms with E-state index < -0.39 is 0 Å². The Morgan fingerprint density at radius 1 is 1.19 bits per heavy atom. The summed E-state index contributed by atoms with van der Waals surface area (Å²) in [4.78, 5) is 27.7. The van der Waals surface area contributed by atoms with Crippen molar-refractivity contribution in [1.82, 2.24) is 10.2 Å². The Morgan fingerprint density at radius 3 is 2.57 bits per heavy atom. The SMILES string of the molecule is CC(C)N1CCCN(c2cc3c(cc2C=O)CNC3)C1=O. The minimum absolute atomic E-state index is 0.00487. The summed E-state index contributed by atoms with van der Waals surface area (Å²) in [6, 6.07) is 4.10. The first-order valence-corrected chi connectivity index (χ1v) is 7.51. The van der Waals surface area contributed by atoms with Crippen molar-refractivity contribution in [1.29, 1.82) is 0 Å².